The molecule has 0 saturated heterocycles. The molecule has 0 spiro atoms. The second-order valence-electron chi connectivity index (χ2n) is 3.65. The van der Waals surface area contributed by atoms with Gasteiger partial charge in [-0.15, -0.1) is 0 Å². The van der Waals surface area contributed by atoms with Crippen LogP contribution in [0, 0.1) is 11.6 Å². The van der Waals surface area contributed by atoms with Crippen LogP contribution in [-0.4, -0.2) is 13.4 Å². The van der Waals surface area contributed by atoms with Crippen molar-refractivity contribution in [2.24, 2.45) is 0 Å². The molecule has 0 radical (unpaired) electrons. The maximum atomic E-state index is 13.5. The predicted octanol–water partition coefficient (Wildman–Crippen LogP) is 3.58. The fraction of sp³-hybridized carbons (Fsp3) is 0. The van der Waals surface area contributed by atoms with E-state index < -0.39 is 27.3 Å². The van der Waals surface area contributed by atoms with Crippen molar-refractivity contribution in [1.82, 2.24) is 4.98 Å². The third kappa shape index (κ3) is 3.08. The van der Waals surface area contributed by atoms with Crippen LogP contribution in [0.3, 0.4) is 0 Å². The number of pyridine rings is 1. The van der Waals surface area contributed by atoms with Gasteiger partial charge in [0.1, 0.15) is 10.0 Å². The van der Waals surface area contributed by atoms with Gasteiger partial charge in [0.2, 0.25) is 0 Å². The van der Waals surface area contributed by atoms with Gasteiger partial charge in [-0.1, -0.05) is 17.7 Å². The van der Waals surface area contributed by atoms with Gasteiger partial charge in [-0.3, -0.25) is 4.72 Å². The first kappa shape index (κ1) is 15.1. The van der Waals surface area contributed by atoms with Crippen LogP contribution >= 0.6 is 27.5 Å². The van der Waals surface area contributed by atoms with Crippen LogP contribution in [0.5, 0.6) is 0 Å². The number of hydrogen-bond acceptors (Lipinski definition) is 3. The van der Waals surface area contributed by atoms with Gasteiger partial charge >= 0.3 is 0 Å². The predicted molar refractivity (Wildman–Crippen MR) is 74.1 cm³/mol. The molecule has 0 aliphatic rings. The monoisotopic (exact) mass is 382 g/mol. The largest absolute Gasteiger partial charge is 0.276 e. The summed E-state index contributed by atoms with van der Waals surface area (Å²) in [6, 6.07) is 4.35. The molecule has 2 rings (SSSR count). The van der Waals surface area contributed by atoms with E-state index in [1.165, 1.54) is 18.3 Å². The Balaban J connectivity index is 2.46. The molecule has 0 bridgehead atoms. The van der Waals surface area contributed by atoms with E-state index in [-0.39, 0.29) is 10.0 Å². The summed E-state index contributed by atoms with van der Waals surface area (Å²) in [6.45, 7) is 0. The summed E-state index contributed by atoms with van der Waals surface area (Å²) in [6.07, 6.45) is 1.31. The van der Waals surface area contributed by atoms with Crippen molar-refractivity contribution in [3.63, 3.8) is 0 Å². The smallest absolute Gasteiger partial charge is 0.265 e. The van der Waals surface area contributed by atoms with E-state index in [0.717, 1.165) is 12.1 Å². The number of nitrogens with zero attached hydrogens (tertiary/aromatic N) is 1. The van der Waals surface area contributed by atoms with E-state index >= 15 is 0 Å². The molecule has 0 saturated carbocycles. The van der Waals surface area contributed by atoms with Crippen molar-refractivity contribution < 1.29 is 17.2 Å². The highest BCUT2D eigenvalue weighted by Gasteiger charge is 2.21. The lowest BCUT2D eigenvalue weighted by Gasteiger charge is -2.10. The first-order valence-corrected chi connectivity index (χ1v) is 7.74. The van der Waals surface area contributed by atoms with Crippen LogP contribution in [0.25, 0.3) is 0 Å². The molecule has 0 amide bonds. The Morgan fingerprint density at radius 1 is 1.30 bits per heavy atom. The lowest BCUT2D eigenvalue weighted by atomic mass is 10.3. The van der Waals surface area contributed by atoms with Crippen LogP contribution in [0.15, 0.2) is 39.8 Å². The Morgan fingerprint density at radius 2 is 2.00 bits per heavy atom. The lowest BCUT2D eigenvalue weighted by Crippen LogP contribution is -2.15. The quantitative estimate of drug-likeness (QED) is 0.824. The first-order valence-electron chi connectivity index (χ1n) is 5.09. The second kappa shape index (κ2) is 5.63. The summed E-state index contributed by atoms with van der Waals surface area (Å²) in [5.41, 5.74) is -0.513. The molecule has 0 atom stereocenters. The molecule has 106 valence electrons. The zero-order chi connectivity index (χ0) is 14.9. The highest BCUT2D eigenvalue weighted by atomic mass is 79.9. The number of sulfonamides is 1. The van der Waals surface area contributed by atoms with Gasteiger partial charge < -0.3 is 0 Å². The van der Waals surface area contributed by atoms with E-state index in [1.807, 2.05) is 4.72 Å². The summed E-state index contributed by atoms with van der Waals surface area (Å²) in [7, 11) is -4.19. The Hall–Kier alpha value is -1.25. The minimum Gasteiger partial charge on any atom is -0.276 e. The third-order valence-electron chi connectivity index (χ3n) is 2.26. The molecule has 1 aromatic heterocycles. The average molecular weight is 384 g/mol. The fourth-order valence-electron chi connectivity index (χ4n) is 1.37. The second-order valence-corrected chi connectivity index (χ2v) is 6.57. The van der Waals surface area contributed by atoms with E-state index in [0.29, 0.717) is 4.47 Å². The third-order valence-corrected chi connectivity index (χ3v) is 4.48. The van der Waals surface area contributed by atoms with E-state index in [1.54, 1.807) is 0 Å². The Labute approximate surface area is 127 Å². The van der Waals surface area contributed by atoms with Crippen molar-refractivity contribution in [2.75, 3.05) is 4.72 Å². The van der Waals surface area contributed by atoms with Crippen LogP contribution in [-0.2, 0) is 10.0 Å². The van der Waals surface area contributed by atoms with E-state index in [2.05, 4.69) is 20.9 Å². The molecule has 1 heterocycles. The number of hydrogen-bond donors (Lipinski definition) is 1. The van der Waals surface area contributed by atoms with Crippen LogP contribution < -0.4 is 4.72 Å². The van der Waals surface area contributed by atoms with Crippen molar-refractivity contribution in [1.29, 1.82) is 0 Å². The minimum absolute atomic E-state index is 0.280. The maximum absolute atomic E-state index is 13.5. The van der Waals surface area contributed by atoms with Crippen LogP contribution in [0.1, 0.15) is 0 Å². The number of anilines is 1. The molecule has 1 N–H and O–H groups in total. The number of benzene rings is 1. The van der Waals surface area contributed by atoms with Crippen LogP contribution in [0.4, 0.5) is 14.5 Å². The Morgan fingerprint density at radius 3 is 2.70 bits per heavy atom. The van der Waals surface area contributed by atoms with Gasteiger partial charge in [0, 0.05) is 10.7 Å². The molecule has 0 unspecified atom stereocenters. The van der Waals surface area contributed by atoms with Crippen molar-refractivity contribution in [2.45, 2.75) is 4.90 Å². The topological polar surface area (TPSA) is 59.1 Å². The maximum Gasteiger partial charge on any atom is 0.265 e. The number of aromatic nitrogens is 1. The molecule has 0 aliphatic carbocycles. The van der Waals surface area contributed by atoms with Crippen molar-refractivity contribution >= 4 is 43.2 Å². The standard InChI is InChI=1S/C11H6BrClF2N2O2S/c12-6-4-9(11(13)16-5-6)20(18,19)17-8-3-1-2-7(14)10(8)15/h1-5,17H. The summed E-state index contributed by atoms with van der Waals surface area (Å²) >= 11 is 8.75. The Kier molecular flexibility index (Phi) is 4.26. The zero-order valence-corrected chi connectivity index (χ0v) is 12.7. The first-order chi connectivity index (χ1) is 9.31. The summed E-state index contributed by atoms with van der Waals surface area (Å²) in [5, 5.41) is -0.280. The molecule has 2 aromatic rings. The molecule has 0 fully saturated rings. The summed E-state index contributed by atoms with van der Waals surface area (Å²) in [4.78, 5) is 3.31. The van der Waals surface area contributed by atoms with E-state index in [9.17, 15) is 17.2 Å². The molecule has 20 heavy (non-hydrogen) atoms. The normalized spacial score (nSPS) is 11.4. The Bertz CT molecular complexity index is 771. The summed E-state index contributed by atoms with van der Waals surface area (Å²) < 4.78 is 53.0. The van der Waals surface area contributed by atoms with Gasteiger partial charge in [-0.25, -0.2) is 22.2 Å². The average Bonchev–Trinajstić information content (AvgIpc) is 2.37. The molecule has 4 nitrogen and oxygen atoms in total. The van der Waals surface area contributed by atoms with E-state index in [4.69, 9.17) is 11.6 Å². The minimum atomic E-state index is -4.19. The molecule has 0 aliphatic heterocycles. The fourth-order valence-corrected chi connectivity index (χ4v) is 3.38. The van der Waals surface area contributed by atoms with Crippen molar-refractivity contribution in [3.8, 4) is 0 Å². The summed E-state index contributed by atoms with van der Waals surface area (Å²) in [5.74, 6) is -2.46. The number of rotatable bonds is 3. The molecular weight excluding hydrogens is 378 g/mol. The molecule has 9 heteroatoms. The van der Waals surface area contributed by atoms with Gasteiger partial charge in [0.15, 0.2) is 11.6 Å². The van der Waals surface area contributed by atoms with Gasteiger partial charge in [0.25, 0.3) is 10.0 Å². The highest BCUT2D eigenvalue weighted by molar-refractivity contribution is 9.10. The molecule has 1 aromatic carbocycles. The van der Waals surface area contributed by atoms with Gasteiger partial charge in [0.05, 0.1) is 5.69 Å². The zero-order valence-electron chi connectivity index (χ0n) is 9.57. The lowest BCUT2D eigenvalue weighted by molar-refractivity contribution is 0.511. The van der Waals surface area contributed by atoms with Gasteiger partial charge in [-0.2, -0.15) is 0 Å². The van der Waals surface area contributed by atoms with Crippen LogP contribution in [0.2, 0.25) is 5.15 Å². The molecular formula is C11H6BrClF2N2O2S. The van der Waals surface area contributed by atoms with Gasteiger partial charge in [-0.05, 0) is 34.1 Å². The highest BCUT2D eigenvalue weighted by Crippen LogP contribution is 2.26. The SMILES string of the molecule is O=S(=O)(Nc1cccc(F)c1F)c1cc(Br)cnc1Cl. The van der Waals surface area contributed by atoms with Crippen molar-refractivity contribution in [3.05, 3.63) is 51.7 Å². The number of halogens is 4. The number of nitrogens with one attached hydrogen (secondary N) is 1.